The lowest BCUT2D eigenvalue weighted by atomic mass is 10.3. The van der Waals surface area contributed by atoms with Gasteiger partial charge in [0.05, 0.1) is 6.54 Å². The molecule has 0 spiro atoms. The van der Waals surface area contributed by atoms with Gasteiger partial charge in [-0.05, 0) is 0 Å². The normalized spacial score (nSPS) is 32.7. The van der Waals surface area contributed by atoms with E-state index in [0.29, 0.717) is 0 Å². The van der Waals surface area contributed by atoms with Gasteiger partial charge in [0.25, 0.3) is 0 Å². The van der Waals surface area contributed by atoms with Crippen molar-refractivity contribution in [2.75, 3.05) is 19.6 Å². The van der Waals surface area contributed by atoms with E-state index in [9.17, 15) is 4.79 Å². The molecular formula is C5H8N2O2. The SMILES string of the molecule is O=C1OC2CNCCN12. The van der Waals surface area contributed by atoms with Gasteiger partial charge in [0.2, 0.25) is 0 Å². The van der Waals surface area contributed by atoms with Crippen molar-refractivity contribution in [1.29, 1.82) is 0 Å². The predicted molar refractivity (Wildman–Crippen MR) is 29.8 cm³/mol. The van der Waals surface area contributed by atoms with Gasteiger partial charge in [-0.25, -0.2) is 4.79 Å². The molecule has 0 aromatic heterocycles. The molecule has 4 heteroatoms. The highest BCUT2D eigenvalue weighted by molar-refractivity contribution is 5.73. The Balaban J connectivity index is 2.01. The number of carbonyl (C=O) groups is 1. The highest BCUT2D eigenvalue weighted by Crippen LogP contribution is 2.16. The van der Waals surface area contributed by atoms with Crippen LogP contribution in [0.25, 0.3) is 0 Å². The summed E-state index contributed by atoms with van der Waals surface area (Å²) in [7, 11) is 0. The lowest BCUT2D eigenvalue weighted by molar-refractivity contribution is -0.105. The van der Waals surface area contributed by atoms with Crippen LogP contribution in [0.15, 0.2) is 0 Å². The van der Waals surface area contributed by atoms with E-state index in [1.54, 1.807) is 4.90 Å². The number of hydrogen-bond acceptors (Lipinski definition) is 3. The van der Waals surface area contributed by atoms with Crippen molar-refractivity contribution in [3.05, 3.63) is 0 Å². The van der Waals surface area contributed by atoms with Crippen molar-refractivity contribution in [3.63, 3.8) is 0 Å². The minimum absolute atomic E-state index is 0.0336. The largest absolute Gasteiger partial charge is 0.424 e. The average molecular weight is 128 g/mol. The zero-order valence-electron chi connectivity index (χ0n) is 4.96. The zero-order chi connectivity index (χ0) is 6.27. The van der Waals surface area contributed by atoms with Crippen molar-refractivity contribution in [2.24, 2.45) is 0 Å². The van der Waals surface area contributed by atoms with E-state index in [0.717, 1.165) is 19.6 Å². The standard InChI is InChI=1S/C5H8N2O2/c8-5-7-2-1-6-3-4(7)9-5/h4,6H,1-3H2. The summed E-state index contributed by atoms with van der Waals surface area (Å²) in [4.78, 5) is 12.3. The van der Waals surface area contributed by atoms with Crippen LogP contribution in [0.4, 0.5) is 4.79 Å². The van der Waals surface area contributed by atoms with Gasteiger partial charge in [-0.2, -0.15) is 0 Å². The van der Waals surface area contributed by atoms with Crippen LogP contribution in [0.3, 0.4) is 0 Å². The van der Waals surface area contributed by atoms with Gasteiger partial charge < -0.3 is 10.1 Å². The first-order chi connectivity index (χ1) is 4.38. The van der Waals surface area contributed by atoms with E-state index in [4.69, 9.17) is 4.74 Å². The number of fused-ring (bicyclic) bond motifs is 1. The Bertz CT molecular complexity index is 148. The summed E-state index contributed by atoms with van der Waals surface area (Å²) >= 11 is 0. The molecule has 0 saturated carbocycles. The molecule has 50 valence electrons. The van der Waals surface area contributed by atoms with Gasteiger partial charge in [-0.1, -0.05) is 0 Å². The van der Waals surface area contributed by atoms with E-state index in [-0.39, 0.29) is 12.3 Å². The van der Waals surface area contributed by atoms with Crippen LogP contribution in [0.2, 0.25) is 0 Å². The van der Waals surface area contributed by atoms with Gasteiger partial charge in [0, 0.05) is 13.1 Å². The number of carbonyl (C=O) groups excluding carboxylic acids is 1. The highest BCUT2D eigenvalue weighted by atomic mass is 16.6. The number of amides is 1. The molecule has 1 N–H and O–H groups in total. The number of nitrogens with zero attached hydrogens (tertiary/aromatic N) is 1. The number of nitrogens with one attached hydrogen (secondary N) is 1. The van der Waals surface area contributed by atoms with Crippen molar-refractivity contribution in [3.8, 4) is 0 Å². The molecule has 4 nitrogen and oxygen atoms in total. The van der Waals surface area contributed by atoms with Gasteiger partial charge >= 0.3 is 6.09 Å². The van der Waals surface area contributed by atoms with Crippen molar-refractivity contribution >= 4 is 6.09 Å². The van der Waals surface area contributed by atoms with Crippen LogP contribution in [0.1, 0.15) is 0 Å². The van der Waals surface area contributed by atoms with E-state index >= 15 is 0 Å². The summed E-state index contributed by atoms with van der Waals surface area (Å²) in [6.45, 7) is 2.47. The second-order valence-corrected chi connectivity index (χ2v) is 2.24. The van der Waals surface area contributed by atoms with Crippen LogP contribution < -0.4 is 5.32 Å². The van der Waals surface area contributed by atoms with Crippen molar-refractivity contribution in [1.82, 2.24) is 10.2 Å². The summed E-state index contributed by atoms with van der Waals surface area (Å²) in [5.41, 5.74) is 0. The molecule has 2 fully saturated rings. The molecule has 2 saturated heterocycles. The van der Waals surface area contributed by atoms with Crippen LogP contribution >= 0.6 is 0 Å². The van der Waals surface area contributed by atoms with E-state index < -0.39 is 0 Å². The molecule has 2 aliphatic rings. The fraction of sp³-hybridized carbons (Fsp3) is 0.800. The molecule has 9 heavy (non-hydrogen) atoms. The molecule has 0 aromatic carbocycles. The third-order valence-electron chi connectivity index (χ3n) is 1.67. The Kier molecular flexibility index (Phi) is 0.900. The predicted octanol–water partition coefficient (Wildman–Crippen LogP) is -0.632. The van der Waals surface area contributed by atoms with Gasteiger partial charge in [-0.15, -0.1) is 0 Å². The molecule has 1 amide bonds. The Morgan fingerprint density at radius 1 is 1.78 bits per heavy atom. The summed E-state index contributed by atoms with van der Waals surface area (Å²) in [5.74, 6) is 0. The topological polar surface area (TPSA) is 41.6 Å². The highest BCUT2D eigenvalue weighted by Gasteiger charge is 2.39. The quantitative estimate of drug-likeness (QED) is 0.472. The zero-order valence-corrected chi connectivity index (χ0v) is 4.96. The summed E-state index contributed by atoms with van der Waals surface area (Å²) < 4.78 is 4.77. The van der Waals surface area contributed by atoms with Gasteiger partial charge in [-0.3, -0.25) is 4.90 Å². The molecule has 0 aliphatic carbocycles. The lowest BCUT2D eigenvalue weighted by Crippen LogP contribution is -2.63. The summed E-state index contributed by atoms with van der Waals surface area (Å²) in [6, 6.07) is 0. The summed E-state index contributed by atoms with van der Waals surface area (Å²) in [6.07, 6.45) is -0.132. The van der Waals surface area contributed by atoms with E-state index in [1.165, 1.54) is 0 Å². The van der Waals surface area contributed by atoms with E-state index in [1.807, 2.05) is 0 Å². The maximum atomic E-state index is 10.5. The van der Waals surface area contributed by atoms with Crippen molar-refractivity contribution < 1.29 is 9.53 Å². The van der Waals surface area contributed by atoms with Gasteiger partial charge in [0.15, 0.2) is 6.23 Å². The van der Waals surface area contributed by atoms with Crippen LogP contribution in [0, 0.1) is 0 Å². The minimum atomic E-state index is -0.165. The van der Waals surface area contributed by atoms with Crippen LogP contribution in [-0.2, 0) is 4.74 Å². The van der Waals surface area contributed by atoms with Crippen molar-refractivity contribution in [2.45, 2.75) is 6.23 Å². The summed E-state index contributed by atoms with van der Waals surface area (Å²) in [5, 5.41) is 3.12. The number of piperazine rings is 1. The number of ether oxygens (including phenoxy) is 1. The fourth-order valence-electron chi connectivity index (χ4n) is 1.13. The molecule has 2 aliphatic heterocycles. The third kappa shape index (κ3) is 0.595. The Labute approximate surface area is 52.8 Å². The molecule has 0 bridgehead atoms. The van der Waals surface area contributed by atoms with E-state index in [2.05, 4.69) is 5.32 Å². The monoisotopic (exact) mass is 128 g/mol. The number of rotatable bonds is 0. The lowest BCUT2D eigenvalue weighted by Gasteiger charge is -2.42. The first-order valence-corrected chi connectivity index (χ1v) is 3.06. The molecular weight excluding hydrogens is 120 g/mol. The first-order valence-electron chi connectivity index (χ1n) is 3.06. The Morgan fingerprint density at radius 3 is 3.22 bits per heavy atom. The minimum Gasteiger partial charge on any atom is -0.424 e. The molecule has 2 heterocycles. The maximum Gasteiger partial charge on any atom is 0.414 e. The number of hydrogen-bond donors (Lipinski definition) is 1. The second kappa shape index (κ2) is 1.60. The third-order valence-corrected chi connectivity index (χ3v) is 1.67. The molecule has 0 aromatic rings. The fourth-order valence-corrected chi connectivity index (χ4v) is 1.13. The van der Waals surface area contributed by atoms with Crippen LogP contribution in [-0.4, -0.2) is 36.9 Å². The molecule has 2 rings (SSSR count). The van der Waals surface area contributed by atoms with Gasteiger partial charge in [0.1, 0.15) is 0 Å². The Morgan fingerprint density at radius 2 is 2.67 bits per heavy atom. The smallest absolute Gasteiger partial charge is 0.414 e. The average Bonchev–Trinajstić information content (AvgIpc) is 1.86. The molecule has 0 radical (unpaired) electrons. The first kappa shape index (κ1) is 5.05. The molecule has 1 unspecified atom stereocenters. The molecule has 1 atom stereocenters. The second-order valence-electron chi connectivity index (χ2n) is 2.24. The van der Waals surface area contributed by atoms with Crippen LogP contribution in [0.5, 0.6) is 0 Å². The maximum absolute atomic E-state index is 10.5. The Hall–Kier alpha value is -0.770.